The van der Waals surface area contributed by atoms with Crippen LogP contribution in [0.5, 0.6) is 0 Å². The number of nitrogens with one attached hydrogen (secondary N) is 1. The number of rotatable bonds is 5. The molecule has 1 fully saturated rings. The number of carbonyl (C=O) groups excluding carboxylic acids is 2. The minimum Gasteiger partial charge on any atom is -0.352 e. The Morgan fingerprint density at radius 2 is 1.75 bits per heavy atom. The van der Waals surface area contributed by atoms with Crippen LogP contribution in [-0.4, -0.2) is 68.7 Å². The molecule has 1 N–H and O–H groups in total. The summed E-state index contributed by atoms with van der Waals surface area (Å²) in [7, 11) is 1.84. The summed E-state index contributed by atoms with van der Waals surface area (Å²) in [5.74, 6) is -0.217. The molecule has 0 spiro atoms. The van der Waals surface area contributed by atoms with E-state index in [9.17, 15) is 14.0 Å². The van der Waals surface area contributed by atoms with Crippen LogP contribution >= 0.6 is 0 Å². The van der Waals surface area contributed by atoms with Crippen molar-refractivity contribution in [2.24, 2.45) is 13.0 Å². The average Bonchev–Trinajstić information content (AvgIpc) is 3.18. The Labute approximate surface area is 185 Å². The van der Waals surface area contributed by atoms with Crippen molar-refractivity contribution >= 4 is 28.7 Å². The summed E-state index contributed by atoms with van der Waals surface area (Å²) in [5, 5.41) is 7.95. The van der Waals surface area contributed by atoms with Crippen LogP contribution in [0.3, 0.4) is 0 Å². The molecule has 168 valence electrons. The molecule has 2 aromatic heterocycles. The van der Waals surface area contributed by atoms with Crippen molar-refractivity contribution < 1.29 is 14.0 Å². The lowest BCUT2D eigenvalue weighted by molar-refractivity contribution is -0.134. The standard InChI is InChI=1S/C22H26FN7O2/c1-14(2)18(27-21(31)15-4-6-16(23)7-5-15)22(32)30-10-8-29(9-11-30)20-17-12-26-28(3)19(17)24-13-25-20/h4-7,12-14,18H,8-11H2,1-3H3,(H,27,31). The van der Waals surface area contributed by atoms with Crippen molar-refractivity contribution in [3.05, 3.63) is 48.2 Å². The van der Waals surface area contributed by atoms with Crippen molar-refractivity contribution in [3.8, 4) is 0 Å². The molecular weight excluding hydrogens is 413 g/mol. The van der Waals surface area contributed by atoms with E-state index in [4.69, 9.17) is 0 Å². The number of fused-ring (bicyclic) bond motifs is 1. The summed E-state index contributed by atoms with van der Waals surface area (Å²) < 4.78 is 14.9. The molecule has 3 aromatic rings. The monoisotopic (exact) mass is 439 g/mol. The van der Waals surface area contributed by atoms with Crippen LogP contribution in [-0.2, 0) is 11.8 Å². The number of piperazine rings is 1. The van der Waals surface area contributed by atoms with Crippen molar-refractivity contribution in [1.82, 2.24) is 30.0 Å². The van der Waals surface area contributed by atoms with Crippen LogP contribution in [0.2, 0.25) is 0 Å². The number of hydrogen-bond donors (Lipinski definition) is 1. The first-order chi connectivity index (χ1) is 15.3. The fourth-order valence-electron chi connectivity index (χ4n) is 3.88. The number of carbonyl (C=O) groups is 2. The maximum Gasteiger partial charge on any atom is 0.251 e. The zero-order valence-corrected chi connectivity index (χ0v) is 18.3. The third kappa shape index (κ3) is 4.25. The zero-order valence-electron chi connectivity index (χ0n) is 18.3. The molecule has 3 heterocycles. The number of benzene rings is 1. The van der Waals surface area contributed by atoms with Gasteiger partial charge in [-0.15, -0.1) is 0 Å². The van der Waals surface area contributed by atoms with Gasteiger partial charge in [0.25, 0.3) is 5.91 Å². The van der Waals surface area contributed by atoms with E-state index in [0.29, 0.717) is 31.7 Å². The van der Waals surface area contributed by atoms with Crippen LogP contribution < -0.4 is 10.2 Å². The summed E-state index contributed by atoms with van der Waals surface area (Å²) in [6.07, 6.45) is 3.28. The zero-order chi connectivity index (χ0) is 22.8. The molecule has 32 heavy (non-hydrogen) atoms. The third-order valence-electron chi connectivity index (χ3n) is 5.73. The van der Waals surface area contributed by atoms with E-state index in [1.807, 2.05) is 20.9 Å². The maximum atomic E-state index is 13.2. The molecule has 0 aliphatic carbocycles. The highest BCUT2D eigenvalue weighted by Gasteiger charge is 2.31. The van der Waals surface area contributed by atoms with E-state index in [-0.39, 0.29) is 11.8 Å². The Balaban J connectivity index is 1.42. The highest BCUT2D eigenvalue weighted by molar-refractivity contribution is 5.97. The summed E-state index contributed by atoms with van der Waals surface area (Å²) >= 11 is 0. The Morgan fingerprint density at radius 1 is 1.06 bits per heavy atom. The molecule has 1 aliphatic heterocycles. The van der Waals surface area contributed by atoms with E-state index < -0.39 is 17.8 Å². The number of nitrogens with zero attached hydrogens (tertiary/aromatic N) is 6. The molecule has 9 nitrogen and oxygen atoms in total. The van der Waals surface area contributed by atoms with Gasteiger partial charge >= 0.3 is 0 Å². The van der Waals surface area contributed by atoms with Gasteiger partial charge in [0.2, 0.25) is 5.91 Å². The highest BCUT2D eigenvalue weighted by Crippen LogP contribution is 2.23. The third-order valence-corrected chi connectivity index (χ3v) is 5.73. The topological polar surface area (TPSA) is 96.2 Å². The molecule has 1 saturated heterocycles. The van der Waals surface area contributed by atoms with Gasteiger partial charge < -0.3 is 15.1 Å². The molecule has 1 aromatic carbocycles. The van der Waals surface area contributed by atoms with Gasteiger partial charge in [-0.3, -0.25) is 14.3 Å². The minimum absolute atomic E-state index is 0.0955. The fourth-order valence-corrected chi connectivity index (χ4v) is 3.88. The normalized spacial score (nSPS) is 15.3. The minimum atomic E-state index is -0.664. The van der Waals surface area contributed by atoms with E-state index in [0.717, 1.165) is 16.9 Å². The van der Waals surface area contributed by atoms with Crippen LogP contribution in [0.15, 0.2) is 36.8 Å². The van der Waals surface area contributed by atoms with Gasteiger partial charge in [-0.25, -0.2) is 14.4 Å². The van der Waals surface area contributed by atoms with Crippen molar-refractivity contribution in [2.75, 3.05) is 31.1 Å². The SMILES string of the molecule is CC(C)C(NC(=O)c1ccc(F)cc1)C(=O)N1CCN(c2ncnc3c2cnn3C)CC1. The Hall–Kier alpha value is -3.56. The Morgan fingerprint density at radius 3 is 2.41 bits per heavy atom. The van der Waals surface area contributed by atoms with E-state index in [1.165, 1.54) is 30.6 Å². The van der Waals surface area contributed by atoms with E-state index in [2.05, 4.69) is 25.3 Å². The molecule has 0 radical (unpaired) electrons. The van der Waals surface area contributed by atoms with Crippen LogP contribution in [0, 0.1) is 11.7 Å². The smallest absolute Gasteiger partial charge is 0.251 e. The Kier molecular flexibility index (Phi) is 6.02. The van der Waals surface area contributed by atoms with Gasteiger partial charge in [0.1, 0.15) is 24.0 Å². The molecule has 4 rings (SSSR count). The van der Waals surface area contributed by atoms with Gasteiger partial charge in [-0.1, -0.05) is 13.8 Å². The molecule has 10 heteroatoms. The first-order valence-corrected chi connectivity index (χ1v) is 10.6. The molecule has 0 bridgehead atoms. The summed E-state index contributed by atoms with van der Waals surface area (Å²) in [6, 6.07) is 4.61. The van der Waals surface area contributed by atoms with Crippen LogP contribution in [0.4, 0.5) is 10.2 Å². The van der Waals surface area contributed by atoms with E-state index >= 15 is 0 Å². The second kappa shape index (κ2) is 8.89. The van der Waals surface area contributed by atoms with Gasteiger partial charge in [-0.05, 0) is 30.2 Å². The van der Waals surface area contributed by atoms with Crippen molar-refractivity contribution in [2.45, 2.75) is 19.9 Å². The number of halogens is 1. The predicted molar refractivity (Wildman–Crippen MR) is 118 cm³/mol. The fraction of sp³-hybridized carbons (Fsp3) is 0.409. The van der Waals surface area contributed by atoms with Crippen LogP contribution in [0.25, 0.3) is 11.0 Å². The summed E-state index contributed by atoms with van der Waals surface area (Å²) in [5.41, 5.74) is 1.08. The van der Waals surface area contributed by atoms with Gasteiger partial charge in [0.15, 0.2) is 5.65 Å². The molecule has 1 aliphatic rings. The number of aromatic nitrogens is 4. The van der Waals surface area contributed by atoms with Gasteiger partial charge in [0.05, 0.1) is 11.6 Å². The second-order valence-corrected chi connectivity index (χ2v) is 8.22. The van der Waals surface area contributed by atoms with Crippen molar-refractivity contribution in [3.63, 3.8) is 0 Å². The van der Waals surface area contributed by atoms with E-state index in [1.54, 1.807) is 15.8 Å². The predicted octanol–water partition coefficient (Wildman–Crippen LogP) is 1.61. The molecule has 1 unspecified atom stereocenters. The second-order valence-electron chi connectivity index (χ2n) is 8.22. The summed E-state index contributed by atoms with van der Waals surface area (Å²) in [6.45, 7) is 6.04. The molecule has 1 atom stereocenters. The number of amides is 2. The first-order valence-electron chi connectivity index (χ1n) is 10.6. The lowest BCUT2D eigenvalue weighted by Crippen LogP contribution is -2.56. The molecule has 0 saturated carbocycles. The maximum absolute atomic E-state index is 13.2. The lowest BCUT2D eigenvalue weighted by atomic mass is 10.0. The van der Waals surface area contributed by atoms with Gasteiger partial charge in [0, 0.05) is 38.8 Å². The summed E-state index contributed by atoms with van der Waals surface area (Å²) in [4.78, 5) is 38.4. The average molecular weight is 439 g/mol. The number of anilines is 1. The quantitative estimate of drug-likeness (QED) is 0.649. The Bertz CT molecular complexity index is 1120. The molecular formula is C22H26FN7O2. The van der Waals surface area contributed by atoms with Crippen LogP contribution in [0.1, 0.15) is 24.2 Å². The largest absolute Gasteiger partial charge is 0.352 e. The first kappa shape index (κ1) is 21.7. The number of hydrogen-bond acceptors (Lipinski definition) is 6. The lowest BCUT2D eigenvalue weighted by Gasteiger charge is -2.37. The number of aryl methyl sites for hydroxylation is 1. The molecule has 2 amide bonds. The highest BCUT2D eigenvalue weighted by atomic mass is 19.1. The van der Waals surface area contributed by atoms with Crippen molar-refractivity contribution in [1.29, 1.82) is 0 Å². The van der Waals surface area contributed by atoms with Gasteiger partial charge in [-0.2, -0.15) is 5.10 Å².